The van der Waals surface area contributed by atoms with Gasteiger partial charge in [-0.2, -0.15) is 0 Å². The minimum Gasteiger partial charge on any atom is -0.494 e. The third-order valence-electron chi connectivity index (χ3n) is 3.25. The van der Waals surface area contributed by atoms with Gasteiger partial charge < -0.3 is 10.1 Å². The lowest BCUT2D eigenvalue weighted by molar-refractivity contribution is 0.334. The second kappa shape index (κ2) is 6.78. The summed E-state index contributed by atoms with van der Waals surface area (Å²) in [5.74, 6) is 0.914. The molecule has 20 heavy (non-hydrogen) atoms. The first kappa shape index (κ1) is 14.9. The molecule has 0 aliphatic rings. The van der Waals surface area contributed by atoms with Crippen molar-refractivity contribution in [1.82, 2.24) is 5.32 Å². The van der Waals surface area contributed by atoms with Crippen LogP contribution in [0.4, 0.5) is 0 Å². The Labute approximate surface area is 125 Å². The zero-order valence-corrected chi connectivity index (χ0v) is 12.9. The quantitative estimate of drug-likeness (QED) is 0.883. The summed E-state index contributed by atoms with van der Waals surface area (Å²) in [7, 11) is 1.95. The van der Waals surface area contributed by atoms with Gasteiger partial charge in [-0.1, -0.05) is 41.4 Å². The van der Waals surface area contributed by atoms with Crippen LogP contribution >= 0.6 is 11.6 Å². The van der Waals surface area contributed by atoms with Crippen molar-refractivity contribution in [2.75, 3.05) is 13.7 Å². The third kappa shape index (κ3) is 3.33. The van der Waals surface area contributed by atoms with Crippen LogP contribution in [0.5, 0.6) is 5.75 Å². The Morgan fingerprint density at radius 3 is 2.65 bits per heavy atom. The fraction of sp³-hybridized carbons (Fsp3) is 0.294. The van der Waals surface area contributed by atoms with Gasteiger partial charge in [-0.15, -0.1) is 0 Å². The smallest absolute Gasteiger partial charge is 0.124 e. The number of aryl methyl sites for hydroxylation is 1. The van der Waals surface area contributed by atoms with Crippen molar-refractivity contribution in [2.45, 2.75) is 19.9 Å². The molecule has 0 radical (unpaired) electrons. The van der Waals surface area contributed by atoms with Crippen LogP contribution in [0.25, 0.3) is 0 Å². The molecule has 2 nitrogen and oxygen atoms in total. The number of hydrogen-bond donors (Lipinski definition) is 1. The Balaban J connectivity index is 2.48. The van der Waals surface area contributed by atoms with Gasteiger partial charge in [-0.3, -0.25) is 0 Å². The summed E-state index contributed by atoms with van der Waals surface area (Å²) >= 11 is 6.11. The van der Waals surface area contributed by atoms with Crippen LogP contribution in [0.3, 0.4) is 0 Å². The van der Waals surface area contributed by atoms with Crippen LogP contribution in [0, 0.1) is 6.92 Å². The Bertz CT molecular complexity index is 583. The van der Waals surface area contributed by atoms with Crippen molar-refractivity contribution in [1.29, 1.82) is 0 Å². The largest absolute Gasteiger partial charge is 0.494 e. The minimum absolute atomic E-state index is 0.0650. The maximum absolute atomic E-state index is 6.11. The lowest BCUT2D eigenvalue weighted by atomic mass is 9.96. The maximum atomic E-state index is 6.11. The molecule has 0 aliphatic carbocycles. The van der Waals surface area contributed by atoms with Crippen LogP contribution in [-0.4, -0.2) is 13.7 Å². The summed E-state index contributed by atoms with van der Waals surface area (Å²) in [6.07, 6.45) is 0. The summed E-state index contributed by atoms with van der Waals surface area (Å²) in [6.45, 7) is 4.74. The second-order valence-corrected chi connectivity index (χ2v) is 5.19. The van der Waals surface area contributed by atoms with Gasteiger partial charge in [0.2, 0.25) is 0 Å². The van der Waals surface area contributed by atoms with Crippen molar-refractivity contribution in [2.24, 2.45) is 0 Å². The monoisotopic (exact) mass is 289 g/mol. The summed E-state index contributed by atoms with van der Waals surface area (Å²) in [4.78, 5) is 0. The molecule has 106 valence electrons. The van der Waals surface area contributed by atoms with Crippen LogP contribution in [0.2, 0.25) is 5.02 Å². The molecular formula is C17H20ClNO. The molecule has 1 unspecified atom stereocenters. The SMILES string of the molecule is CCOc1ccc(C)cc1C(NC)c1cccc(Cl)c1. The molecule has 2 aromatic carbocycles. The maximum Gasteiger partial charge on any atom is 0.124 e. The highest BCUT2D eigenvalue weighted by molar-refractivity contribution is 6.30. The van der Waals surface area contributed by atoms with E-state index >= 15 is 0 Å². The Hall–Kier alpha value is -1.51. The van der Waals surface area contributed by atoms with E-state index in [1.54, 1.807) is 0 Å². The number of ether oxygens (including phenoxy) is 1. The van der Waals surface area contributed by atoms with Crippen molar-refractivity contribution >= 4 is 11.6 Å². The summed E-state index contributed by atoms with van der Waals surface area (Å²) in [5.41, 5.74) is 3.48. The predicted molar refractivity (Wildman–Crippen MR) is 84.7 cm³/mol. The second-order valence-electron chi connectivity index (χ2n) is 4.75. The Morgan fingerprint density at radius 2 is 2.00 bits per heavy atom. The molecule has 0 saturated heterocycles. The van der Waals surface area contributed by atoms with Gasteiger partial charge in [0.1, 0.15) is 5.75 Å². The van der Waals surface area contributed by atoms with Gasteiger partial charge in [-0.05, 0) is 44.7 Å². The van der Waals surface area contributed by atoms with E-state index in [0.29, 0.717) is 6.61 Å². The molecule has 2 rings (SSSR count). The molecule has 3 heteroatoms. The molecule has 0 heterocycles. The van der Waals surface area contributed by atoms with Gasteiger partial charge in [0.25, 0.3) is 0 Å². The summed E-state index contributed by atoms with van der Waals surface area (Å²) in [5, 5.41) is 4.09. The van der Waals surface area contributed by atoms with Gasteiger partial charge >= 0.3 is 0 Å². The minimum atomic E-state index is 0.0650. The molecule has 0 bridgehead atoms. The van der Waals surface area contributed by atoms with Crippen LogP contribution in [0.1, 0.15) is 29.7 Å². The number of hydrogen-bond acceptors (Lipinski definition) is 2. The number of halogens is 1. The molecule has 0 saturated carbocycles. The van der Waals surface area contributed by atoms with E-state index < -0.39 is 0 Å². The zero-order chi connectivity index (χ0) is 14.5. The number of nitrogens with one attached hydrogen (secondary N) is 1. The molecule has 0 aromatic heterocycles. The third-order valence-corrected chi connectivity index (χ3v) is 3.48. The van der Waals surface area contributed by atoms with Crippen molar-refractivity contribution in [3.05, 3.63) is 64.2 Å². The fourth-order valence-electron chi connectivity index (χ4n) is 2.37. The highest BCUT2D eigenvalue weighted by atomic mass is 35.5. The molecule has 2 aromatic rings. The topological polar surface area (TPSA) is 21.3 Å². The Morgan fingerprint density at radius 1 is 1.20 bits per heavy atom. The number of benzene rings is 2. The van der Waals surface area contributed by atoms with Gasteiger partial charge in [0.05, 0.1) is 12.6 Å². The fourth-order valence-corrected chi connectivity index (χ4v) is 2.57. The lowest BCUT2D eigenvalue weighted by Gasteiger charge is -2.21. The van der Waals surface area contributed by atoms with E-state index in [9.17, 15) is 0 Å². The first-order chi connectivity index (χ1) is 9.65. The van der Waals surface area contributed by atoms with E-state index in [-0.39, 0.29) is 6.04 Å². The van der Waals surface area contributed by atoms with E-state index in [4.69, 9.17) is 16.3 Å². The van der Waals surface area contributed by atoms with Gasteiger partial charge in [-0.25, -0.2) is 0 Å². The van der Waals surface area contributed by atoms with E-state index in [1.165, 1.54) is 5.56 Å². The first-order valence-corrected chi connectivity index (χ1v) is 7.19. The average molecular weight is 290 g/mol. The highest BCUT2D eigenvalue weighted by Gasteiger charge is 2.17. The van der Waals surface area contributed by atoms with E-state index in [0.717, 1.165) is 21.9 Å². The van der Waals surface area contributed by atoms with Crippen LogP contribution < -0.4 is 10.1 Å². The molecule has 1 N–H and O–H groups in total. The predicted octanol–water partition coefficient (Wildman–Crippen LogP) is 4.36. The summed E-state index contributed by atoms with van der Waals surface area (Å²) in [6, 6.07) is 14.2. The normalized spacial score (nSPS) is 12.2. The van der Waals surface area contributed by atoms with E-state index in [2.05, 4.69) is 30.4 Å². The van der Waals surface area contributed by atoms with E-state index in [1.807, 2.05) is 38.2 Å². The standard InChI is InChI=1S/C17H20ClNO/c1-4-20-16-9-8-12(2)10-15(16)17(19-3)13-6-5-7-14(18)11-13/h5-11,17,19H,4H2,1-3H3. The van der Waals surface area contributed by atoms with Crippen molar-refractivity contribution in [3.63, 3.8) is 0 Å². The highest BCUT2D eigenvalue weighted by Crippen LogP contribution is 2.31. The van der Waals surface area contributed by atoms with Crippen molar-refractivity contribution in [3.8, 4) is 5.75 Å². The number of rotatable bonds is 5. The lowest BCUT2D eigenvalue weighted by Crippen LogP contribution is -2.19. The average Bonchev–Trinajstić information content (AvgIpc) is 2.43. The molecule has 0 aliphatic heterocycles. The molecular weight excluding hydrogens is 270 g/mol. The first-order valence-electron chi connectivity index (χ1n) is 6.81. The molecule has 0 amide bonds. The van der Waals surface area contributed by atoms with Crippen LogP contribution in [0.15, 0.2) is 42.5 Å². The molecule has 1 atom stereocenters. The Kier molecular flexibility index (Phi) is 5.05. The molecule has 0 fully saturated rings. The molecule has 0 spiro atoms. The zero-order valence-electron chi connectivity index (χ0n) is 12.1. The van der Waals surface area contributed by atoms with Crippen LogP contribution in [-0.2, 0) is 0 Å². The van der Waals surface area contributed by atoms with Gasteiger partial charge in [0.15, 0.2) is 0 Å². The van der Waals surface area contributed by atoms with Crippen molar-refractivity contribution < 1.29 is 4.74 Å². The van der Waals surface area contributed by atoms with Gasteiger partial charge in [0, 0.05) is 10.6 Å². The summed E-state index contributed by atoms with van der Waals surface area (Å²) < 4.78 is 5.75.